The number of halogens is 1. The van der Waals surface area contributed by atoms with Crippen LogP contribution in [0, 0.1) is 11.8 Å². The Morgan fingerprint density at radius 2 is 1.91 bits per heavy atom. The van der Waals surface area contributed by atoms with Crippen molar-refractivity contribution in [2.24, 2.45) is 11.8 Å². The number of hydrogen-bond donors (Lipinski definition) is 2. The highest BCUT2D eigenvalue weighted by Gasteiger charge is 2.40. The normalized spacial score (nSPS) is 25.5. The van der Waals surface area contributed by atoms with Gasteiger partial charge in [-0.1, -0.05) is 23.7 Å². The van der Waals surface area contributed by atoms with Crippen LogP contribution >= 0.6 is 11.6 Å². The van der Waals surface area contributed by atoms with Crippen molar-refractivity contribution in [3.05, 3.63) is 64.7 Å². The molecule has 2 N–H and O–H groups in total. The predicted octanol–water partition coefficient (Wildman–Crippen LogP) is 5.68. The number of ether oxygens (including phenoxy) is 2. The first-order chi connectivity index (χ1) is 22.2. The Morgan fingerprint density at radius 3 is 2.64 bits per heavy atom. The molecule has 10 nitrogen and oxygen atoms in total. The number of alkyl carbamates (subject to hydrolysis) is 1. The van der Waals surface area contributed by atoms with E-state index in [-0.39, 0.29) is 22.8 Å². The van der Waals surface area contributed by atoms with Crippen molar-refractivity contribution in [1.82, 2.24) is 14.9 Å². The summed E-state index contributed by atoms with van der Waals surface area (Å²) in [4.78, 5) is 30.2. The number of hydrogen-bond acceptors (Lipinski definition) is 8. The van der Waals surface area contributed by atoms with Gasteiger partial charge in [-0.2, -0.15) is 0 Å². The van der Waals surface area contributed by atoms with E-state index in [9.17, 15) is 18.0 Å². The fraction of sp³-hybridized carbons (Fsp3) is 0.543. The van der Waals surface area contributed by atoms with Crippen molar-refractivity contribution in [2.45, 2.75) is 89.0 Å². The number of aryl methyl sites for hydroxylation is 1. The zero-order chi connectivity index (χ0) is 33.9. The van der Waals surface area contributed by atoms with Crippen LogP contribution < -0.4 is 19.7 Å². The van der Waals surface area contributed by atoms with Crippen molar-refractivity contribution < 1.29 is 27.5 Å². The number of fused-ring (bicyclic) bond motifs is 3. The minimum absolute atomic E-state index is 0.0116. The van der Waals surface area contributed by atoms with Crippen LogP contribution in [0.5, 0.6) is 5.75 Å². The van der Waals surface area contributed by atoms with Crippen LogP contribution in [0.15, 0.2) is 53.4 Å². The van der Waals surface area contributed by atoms with Crippen molar-refractivity contribution in [3.63, 3.8) is 0 Å². The second kappa shape index (κ2) is 14.5. The van der Waals surface area contributed by atoms with Gasteiger partial charge in [0, 0.05) is 36.6 Å². The maximum absolute atomic E-state index is 13.7. The number of carbonyl (C=O) groups is 2. The van der Waals surface area contributed by atoms with Crippen LogP contribution in [0.25, 0.3) is 0 Å². The number of nitrogens with one attached hydrogen (secondary N) is 2. The third-order valence-corrected chi connectivity index (χ3v) is 11.3. The lowest BCUT2D eigenvalue weighted by molar-refractivity contribution is -0.128. The molecule has 2 aromatic carbocycles. The topological polar surface area (TPSA) is 117 Å². The molecule has 0 spiro atoms. The summed E-state index contributed by atoms with van der Waals surface area (Å²) in [6.45, 7) is 9.07. The summed E-state index contributed by atoms with van der Waals surface area (Å²) in [5, 5.41) is 3.52. The number of amides is 2. The van der Waals surface area contributed by atoms with E-state index in [1.54, 1.807) is 37.9 Å². The lowest BCUT2D eigenvalue weighted by Gasteiger charge is -2.43. The maximum Gasteiger partial charge on any atom is 0.407 e. The molecule has 0 aromatic heterocycles. The van der Waals surface area contributed by atoms with E-state index in [1.165, 1.54) is 6.07 Å². The molecule has 3 aliphatic rings. The monoisotopic (exact) mass is 686 g/mol. The van der Waals surface area contributed by atoms with Gasteiger partial charge in [0.1, 0.15) is 18.5 Å². The Hall–Kier alpha value is -3.28. The summed E-state index contributed by atoms with van der Waals surface area (Å²) in [7, 11) is -2.44. The first kappa shape index (κ1) is 35.0. The minimum Gasteiger partial charge on any atom is -0.487 e. The van der Waals surface area contributed by atoms with E-state index < -0.39 is 33.7 Å². The molecule has 1 fully saturated rings. The fourth-order valence-corrected chi connectivity index (χ4v) is 7.67. The Balaban J connectivity index is 1.56. The molecule has 2 aromatic rings. The lowest BCUT2D eigenvalue weighted by atomic mass is 9.70. The van der Waals surface area contributed by atoms with Gasteiger partial charge in [0.2, 0.25) is 0 Å². The Labute approximate surface area is 283 Å². The molecule has 2 amide bonds. The molecule has 0 saturated heterocycles. The summed E-state index contributed by atoms with van der Waals surface area (Å²) in [6, 6.07) is 10.5. The van der Waals surface area contributed by atoms with Gasteiger partial charge >= 0.3 is 6.09 Å². The molecule has 0 radical (unpaired) electrons. The number of likely N-dealkylation sites (N-methyl/N-ethyl adjacent to an activating group) is 1. The zero-order valence-electron chi connectivity index (χ0n) is 27.9. The highest BCUT2D eigenvalue weighted by Crippen LogP contribution is 2.42. The number of anilines is 1. The Bertz CT molecular complexity index is 1610. The van der Waals surface area contributed by atoms with E-state index >= 15 is 0 Å². The van der Waals surface area contributed by atoms with Crippen LogP contribution in [0.1, 0.15) is 64.5 Å². The standard InChI is InChI=1S/C35H47ClN4O6S/c1-23(2)37-34(42)46-31-10-8-17-39(5)35(3,4)33(41)38-47(43,44)28-14-16-32-30(20-28)40(21-25-12-15-29(25)31)18-7-6-9-24-19-27(36)13-11-26(24)22-45-32/h8,10-11,13-14,16,19-20,23,25,29,31H,6-7,9,12,15,17-18,21-22H2,1-5H3,(H,37,42)(H,38,41)/b10-8+/t25-,29+,31-/m0/s1. The fourth-order valence-electron chi connectivity index (χ4n) is 6.35. The number of rotatable bonds is 2. The van der Waals surface area contributed by atoms with Crippen LogP contribution in [-0.4, -0.2) is 69.7 Å². The predicted molar refractivity (Wildman–Crippen MR) is 183 cm³/mol. The number of nitrogens with zero attached hydrogens (tertiary/aromatic N) is 2. The van der Waals surface area contributed by atoms with Crippen LogP contribution in [0.4, 0.5) is 10.5 Å². The molecule has 2 aliphatic heterocycles. The first-order valence-corrected chi connectivity index (χ1v) is 18.3. The largest absolute Gasteiger partial charge is 0.487 e. The second-order valence-electron chi connectivity index (χ2n) is 13.7. The first-order valence-electron chi connectivity index (χ1n) is 16.5. The maximum atomic E-state index is 13.7. The quantitative estimate of drug-likeness (QED) is 0.388. The molecule has 5 rings (SSSR count). The number of carbonyl (C=O) groups excluding carboxylic acids is 2. The van der Waals surface area contributed by atoms with Crippen LogP contribution in [-0.2, 0) is 32.6 Å². The molecule has 47 heavy (non-hydrogen) atoms. The summed E-state index contributed by atoms with van der Waals surface area (Å²) in [5.41, 5.74) is 1.65. The molecule has 12 heteroatoms. The van der Waals surface area contributed by atoms with Gasteiger partial charge in [0.25, 0.3) is 15.9 Å². The summed E-state index contributed by atoms with van der Waals surface area (Å²) in [6.07, 6.45) is 7.32. The van der Waals surface area contributed by atoms with E-state index in [1.807, 2.05) is 44.2 Å². The summed E-state index contributed by atoms with van der Waals surface area (Å²) in [5.74, 6) is 0.162. The van der Waals surface area contributed by atoms with Crippen LogP contribution in [0.3, 0.4) is 0 Å². The summed E-state index contributed by atoms with van der Waals surface area (Å²) >= 11 is 6.34. The highest BCUT2D eigenvalue weighted by atomic mass is 35.5. The van der Waals surface area contributed by atoms with E-state index in [4.69, 9.17) is 21.1 Å². The van der Waals surface area contributed by atoms with Gasteiger partial charge < -0.3 is 19.7 Å². The van der Waals surface area contributed by atoms with Gasteiger partial charge in [-0.3, -0.25) is 9.69 Å². The van der Waals surface area contributed by atoms with Gasteiger partial charge in [0.15, 0.2) is 0 Å². The third kappa shape index (κ3) is 8.24. The molecule has 1 aliphatic carbocycles. The molecule has 2 bridgehead atoms. The molecule has 0 unspecified atom stereocenters. The van der Waals surface area contributed by atoms with E-state index in [0.29, 0.717) is 42.7 Å². The molecule has 3 atom stereocenters. The molecular weight excluding hydrogens is 640 g/mol. The van der Waals surface area contributed by atoms with E-state index in [0.717, 1.165) is 43.2 Å². The highest BCUT2D eigenvalue weighted by molar-refractivity contribution is 7.90. The van der Waals surface area contributed by atoms with Gasteiger partial charge in [-0.25, -0.2) is 17.9 Å². The van der Waals surface area contributed by atoms with Crippen molar-refractivity contribution in [1.29, 1.82) is 0 Å². The average Bonchev–Trinajstić information content (AvgIpc) is 3.01. The van der Waals surface area contributed by atoms with Crippen molar-refractivity contribution in [2.75, 3.05) is 31.6 Å². The molecule has 2 heterocycles. The second-order valence-corrected chi connectivity index (χ2v) is 15.8. The SMILES string of the molecule is CC(C)NC(=O)O[C@H]1/C=C/CN(C)C(C)(C)C(=O)NS(=O)(=O)c2ccc3c(c2)N(CCCCc2cc(Cl)ccc2CO3)C[C@@H]2CC[C@H]21. The molecule has 1 saturated carbocycles. The third-order valence-electron chi connectivity index (χ3n) is 9.70. The van der Waals surface area contributed by atoms with Gasteiger partial charge in [-0.05, 0) is 120 Å². The Kier molecular flexibility index (Phi) is 10.8. The lowest BCUT2D eigenvalue weighted by Crippen LogP contribution is -2.54. The smallest absolute Gasteiger partial charge is 0.407 e. The van der Waals surface area contributed by atoms with Gasteiger partial charge in [-0.15, -0.1) is 0 Å². The minimum atomic E-state index is -4.20. The number of sulfonamides is 1. The van der Waals surface area contributed by atoms with Crippen LogP contribution in [0.2, 0.25) is 5.02 Å². The van der Waals surface area contributed by atoms with E-state index in [2.05, 4.69) is 14.9 Å². The molecule has 256 valence electrons. The van der Waals surface area contributed by atoms with Gasteiger partial charge in [0.05, 0.1) is 16.1 Å². The summed E-state index contributed by atoms with van der Waals surface area (Å²) < 4.78 is 42.1. The average molecular weight is 687 g/mol. The number of benzene rings is 2. The van der Waals surface area contributed by atoms with Crippen molar-refractivity contribution >= 4 is 39.3 Å². The Morgan fingerprint density at radius 1 is 1.13 bits per heavy atom. The molecular formula is C35H47ClN4O6S. The van der Waals surface area contributed by atoms with Crippen molar-refractivity contribution in [3.8, 4) is 5.75 Å². The zero-order valence-corrected chi connectivity index (χ0v) is 29.5.